The third-order valence-corrected chi connectivity index (χ3v) is 3.38. The molecular weight excluding hydrogens is 196 g/mol. The fourth-order valence-corrected chi connectivity index (χ4v) is 2.49. The first kappa shape index (κ1) is 9.93. The number of ether oxygens (including phenoxy) is 1. The number of rotatable bonds is 3. The van der Waals surface area contributed by atoms with Crippen LogP contribution in [0, 0.1) is 6.92 Å². The minimum Gasteiger partial charge on any atom is -0.376 e. The first-order valence-electron chi connectivity index (χ1n) is 5.06. The van der Waals surface area contributed by atoms with Crippen LogP contribution in [0.15, 0.2) is 5.38 Å². The van der Waals surface area contributed by atoms with Gasteiger partial charge in [0.1, 0.15) is 0 Å². The Hall–Kier alpha value is -0.610. The maximum absolute atomic E-state index is 5.61. The molecule has 1 saturated heterocycles. The number of nitrogens with one attached hydrogen (secondary N) is 1. The van der Waals surface area contributed by atoms with Gasteiger partial charge in [-0.15, -0.1) is 11.3 Å². The molecule has 2 atom stereocenters. The SMILES string of the molecule is Cc1csc(NC(C)C2CCCO2)n1. The molecule has 0 radical (unpaired) electrons. The van der Waals surface area contributed by atoms with Crippen molar-refractivity contribution >= 4 is 16.5 Å². The maximum Gasteiger partial charge on any atom is 0.183 e. The predicted octanol–water partition coefficient (Wildman–Crippen LogP) is 2.43. The minimum atomic E-state index is 0.360. The lowest BCUT2D eigenvalue weighted by Crippen LogP contribution is -2.29. The summed E-state index contributed by atoms with van der Waals surface area (Å²) in [6.45, 7) is 5.08. The average molecular weight is 212 g/mol. The van der Waals surface area contributed by atoms with Gasteiger partial charge < -0.3 is 10.1 Å². The second kappa shape index (κ2) is 4.28. The van der Waals surface area contributed by atoms with Crippen LogP contribution in [-0.4, -0.2) is 23.7 Å². The molecule has 2 rings (SSSR count). The summed E-state index contributed by atoms with van der Waals surface area (Å²) in [5, 5.41) is 6.45. The highest BCUT2D eigenvalue weighted by Gasteiger charge is 2.22. The molecule has 0 amide bonds. The Morgan fingerprint density at radius 2 is 2.57 bits per heavy atom. The van der Waals surface area contributed by atoms with Crippen molar-refractivity contribution < 1.29 is 4.74 Å². The van der Waals surface area contributed by atoms with Crippen molar-refractivity contribution in [1.29, 1.82) is 0 Å². The summed E-state index contributed by atoms with van der Waals surface area (Å²) in [7, 11) is 0. The normalized spacial score (nSPS) is 23.7. The molecule has 0 spiro atoms. The zero-order valence-corrected chi connectivity index (χ0v) is 9.43. The van der Waals surface area contributed by atoms with Crippen molar-refractivity contribution in [2.75, 3.05) is 11.9 Å². The Kier molecular flexibility index (Phi) is 3.03. The van der Waals surface area contributed by atoms with E-state index in [0.717, 1.165) is 17.4 Å². The van der Waals surface area contributed by atoms with Crippen molar-refractivity contribution in [2.24, 2.45) is 0 Å². The highest BCUT2D eigenvalue weighted by atomic mass is 32.1. The number of anilines is 1. The molecular formula is C10H16N2OS. The Bertz CT molecular complexity index is 294. The smallest absolute Gasteiger partial charge is 0.183 e. The summed E-state index contributed by atoms with van der Waals surface area (Å²) in [4.78, 5) is 4.37. The molecule has 3 nitrogen and oxygen atoms in total. The molecule has 2 heterocycles. The largest absolute Gasteiger partial charge is 0.376 e. The van der Waals surface area contributed by atoms with Crippen molar-refractivity contribution in [3.8, 4) is 0 Å². The molecule has 1 aliphatic heterocycles. The van der Waals surface area contributed by atoms with Gasteiger partial charge >= 0.3 is 0 Å². The van der Waals surface area contributed by atoms with E-state index in [2.05, 4.69) is 22.6 Å². The van der Waals surface area contributed by atoms with Crippen molar-refractivity contribution in [3.63, 3.8) is 0 Å². The van der Waals surface area contributed by atoms with E-state index in [1.807, 2.05) is 6.92 Å². The van der Waals surface area contributed by atoms with Gasteiger partial charge in [0.05, 0.1) is 17.8 Å². The van der Waals surface area contributed by atoms with Crippen LogP contribution in [-0.2, 0) is 4.74 Å². The van der Waals surface area contributed by atoms with Crippen molar-refractivity contribution in [2.45, 2.75) is 38.8 Å². The molecule has 0 aromatic carbocycles. The summed E-state index contributed by atoms with van der Waals surface area (Å²) in [5.74, 6) is 0. The van der Waals surface area contributed by atoms with Crippen LogP contribution in [0.2, 0.25) is 0 Å². The van der Waals surface area contributed by atoms with Gasteiger partial charge in [-0.3, -0.25) is 0 Å². The summed E-state index contributed by atoms with van der Waals surface area (Å²) >= 11 is 1.66. The zero-order chi connectivity index (χ0) is 9.97. The fourth-order valence-electron chi connectivity index (χ4n) is 1.70. The van der Waals surface area contributed by atoms with Crippen LogP contribution >= 0.6 is 11.3 Å². The molecule has 0 bridgehead atoms. The second-order valence-corrected chi connectivity index (χ2v) is 4.64. The Morgan fingerprint density at radius 1 is 1.71 bits per heavy atom. The number of nitrogens with zero attached hydrogens (tertiary/aromatic N) is 1. The lowest BCUT2D eigenvalue weighted by atomic mass is 10.1. The number of thiazole rings is 1. The molecule has 1 aromatic rings. The van der Waals surface area contributed by atoms with Crippen molar-refractivity contribution in [1.82, 2.24) is 4.98 Å². The number of aromatic nitrogens is 1. The third-order valence-electron chi connectivity index (χ3n) is 2.49. The van der Waals surface area contributed by atoms with Crippen LogP contribution in [0.4, 0.5) is 5.13 Å². The Morgan fingerprint density at radius 3 is 3.14 bits per heavy atom. The van der Waals surface area contributed by atoms with Crippen LogP contribution < -0.4 is 5.32 Å². The molecule has 2 unspecified atom stereocenters. The predicted molar refractivity (Wildman–Crippen MR) is 58.9 cm³/mol. The third kappa shape index (κ3) is 2.25. The molecule has 1 fully saturated rings. The molecule has 14 heavy (non-hydrogen) atoms. The maximum atomic E-state index is 5.61. The minimum absolute atomic E-state index is 0.360. The first-order valence-corrected chi connectivity index (χ1v) is 5.94. The van der Waals surface area contributed by atoms with Crippen LogP contribution in [0.1, 0.15) is 25.5 Å². The lowest BCUT2D eigenvalue weighted by molar-refractivity contribution is 0.0996. The summed E-state index contributed by atoms with van der Waals surface area (Å²) in [5.41, 5.74) is 1.08. The van der Waals surface area contributed by atoms with Crippen LogP contribution in [0.5, 0.6) is 0 Å². The number of hydrogen-bond donors (Lipinski definition) is 1. The van der Waals surface area contributed by atoms with E-state index in [4.69, 9.17) is 4.74 Å². The number of hydrogen-bond acceptors (Lipinski definition) is 4. The standard InChI is InChI=1S/C10H16N2OS/c1-7-6-14-10(11-7)12-8(2)9-4-3-5-13-9/h6,8-9H,3-5H2,1-2H3,(H,11,12). The highest BCUT2D eigenvalue weighted by molar-refractivity contribution is 7.13. The lowest BCUT2D eigenvalue weighted by Gasteiger charge is -2.19. The van der Waals surface area contributed by atoms with E-state index in [9.17, 15) is 0 Å². The summed E-state index contributed by atoms with van der Waals surface area (Å²) in [6.07, 6.45) is 2.71. The van der Waals surface area contributed by atoms with E-state index in [1.165, 1.54) is 12.8 Å². The van der Waals surface area contributed by atoms with Gasteiger partial charge in [-0.2, -0.15) is 0 Å². The number of aryl methyl sites for hydroxylation is 1. The molecule has 1 aliphatic rings. The molecule has 0 aliphatic carbocycles. The molecule has 1 aromatic heterocycles. The van der Waals surface area contributed by atoms with Gasteiger partial charge in [-0.1, -0.05) is 0 Å². The van der Waals surface area contributed by atoms with Gasteiger partial charge in [0, 0.05) is 12.0 Å². The van der Waals surface area contributed by atoms with Crippen LogP contribution in [0.3, 0.4) is 0 Å². The molecule has 1 N–H and O–H groups in total. The van der Waals surface area contributed by atoms with E-state index < -0.39 is 0 Å². The fraction of sp³-hybridized carbons (Fsp3) is 0.700. The Labute approximate surface area is 88.5 Å². The van der Waals surface area contributed by atoms with E-state index in [0.29, 0.717) is 12.1 Å². The topological polar surface area (TPSA) is 34.1 Å². The Balaban J connectivity index is 1.90. The van der Waals surface area contributed by atoms with Gasteiger partial charge in [-0.25, -0.2) is 4.98 Å². The average Bonchev–Trinajstić information content (AvgIpc) is 2.75. The summed E-state index contributed by atoms with van der Waals surface area (Å²) < 4.78 is 5.61. The summed E-state index contributed by atoms with van der Waals surface area (Å²) in [6, 6.07) is 0.364. The first-order chi connectivity index (χ1) is 6.75. The van der Waals surface area contributed by atoms with E-state index in [-0.39, 0.29) is 0 Å². The van der Waals surface area contributed by atoms with Crippen molar-refractivity contribution in [3.05, 3.63) is 11.1 Å². The van der Waals surface area contributed by atoms with E-state index in [1.54, 1.807) is 11.3 Å². The quantitative estimate of drug-likeness (QED) is 0.835. The van der Waals surface area contributed by atoms with Gasteiger partial charge in [0.15, 0.2) is 5.13 Å². The molecule has 0 saturated carbocycles. The highest BCUT2D eigenvalue weighted by Crippen LogP contribution is 2.21. The van der Waals surface area contributed by atoms with Gasteiger partial charge in [0.2, 0.25) is 0 Å². The van der Waals surface area contributed by atoms with Gasteiger partial charge in [0.25, 0.3) is 0 Å². The second-order valence-electron chi connectivity index (χ2n) is 3.78. The monoisotopic (exact) mass is 212 g/mol. The van der Waals surface area contributed by atoms with Crippen LogP contribution in [0.25, 0.3) is 0 Å². The van der Waals surface area contributed by atoms with E-state index >= 15 is 0 Å². The van der Waals surface area contributed by atoms with Gasteiger partial charge in [-0.05, 0) is 26.7 Å². The molecule has 4 heteroatoms. The molecule has 78 valence electrons. The zero-order valence-electron chi connectivity index (χ0n) is 8.62.